The van der Waals surface area contributed by atoms with Crippen molar-refractivity contribution in [3.05, 3.63) is 82.4 Å². The number of carbonyl (C=O) groups is 1. The number of benzene rings is 3. The molecular weight excluding hydrogens is 418 g/mol. The summed E-state index contributed by atoms with van der Waals surface area (Å²) in [5, 5.41) is 6.52. The molecule has 0 aliphatic carbocycles. The molecule has 150 valence electrons. The van der Waals surface area contributed by atoms with Gasteiger partial charge in [0.05, 0.1) is 0 Å². The van der Waals surface area contributed by atoms with Crippen LogP contribution in [0.25, 0.3) is 22.6 Å². The van der Waals surface area contributed by atoms with E-state index in [9.17, 15) is 4.79 Å². The normalized spacial score (nSPS) is 10.8. The zero-order chi connectivity index (χ0) is 21.3. The van der Waals surface area contributed by atoms with Crippen molar-refractivity contribution in [3.63, 3.8) is 0 Å². The third kappa shape index (κ3) is 4.35. The van der Waals surface area contributed by atoms with E-state index in [0.717, 1.165) is 33.5 Å². The van der Waals surface area contributed by atoms with Gasteiger partial charge in [0.25, 0.3) is 5.91 Å². The van der Waals surface area contributed by atoms with Crippen LogP contribution in [0.5, 0.6) is 0 Å². The first kappa shape index (κ1) is 20.1. The Balaban J connectivity index is 1.53. The summed E-state index contributed by atoms with van der Waals surface area (Å²) < 4.78 is 5.89. The molecule has 4 rings (SSSR count). The average Bonchev–Trinajstić information content (AvgIpc) is 3.13. The quantitative estimate of drug-likeness (QED) is 0.392. The van der Waals surface area contributed by atoms with Gasteiger partial charge in [-0.2, -0.15) is 0 Å². The lowest BCUT2D eigenvalue weighted by Crippen LogP contribution is -2.34. The zero-order valence-electron chi connectivity index (χ0n) is 16.3. The second-order valence-corrected chi connectivity index (χ2v) is 7.78. The largest absolute Gasteiger partial charge is 0.436 e. The molecule has 0 fully saturated rings. The van der Waals surface area contributed by atoms with Gasteiger partial charge in [-0.25, -0.2) is 4.98 Å². The third-order valence-electron chi connectivity index (χ3n) is 4.61. The fourth-order valence-electron chi connectivity index (χ4n) is 2.98. The second-order valence-electron chi connectivity index (χ2n) is 6.94. The van der Waals surface area contributed by atoms with E-state index in [1.807, 2.05) is 50.2 Å². The highest BCUT2D eigenvalue weighted by Gasteiger charge is 2.12. The second kappa shape index (κ2) is 8.26. The number of carbonyl (C=O) groups excluding carboxylic acids is 1. The van der Waals surface area contributed by atoms with E-state index >= 15 is 0 Å². The highest BCUT2D eigenvalue weighted by Crippen LogP contribution is 2.28. The van der Waals surface area contributed by atoms with Gasteiger partial charge < -0.3 is 9.73 Å². The molecule has 0 unspecified atom stereocenters. The van der Waals surface area contributed by atoms with Crippen LogP contribution in [0.2, 0.25) is 5.02 Å². The summed E-state index contributed by atoms with van der Waals surface area (Å²) in [5.41, 5.74) is 5.67. The van der Waals surface area contributed by atoms with Crippen LogP contribution in [0.1, 0.15) is 21.5 Å². The Morgan fingerprint density at radius 2 is 1.80 bits per heavy atom. The van der Waals surface area contributed by atoms with Gasteiger partial charge in [-0.3, -0.25) is 10.1 Å². The number of anilines is 1. The molecule has 0 saturated heterocycles. The summed E-state index contributed by atoms with van der Waals surface area (Å²) >= 11 is 11.2. The van der Waals surface area contributed by atoms with Gasteiger partial charge in [-0.1, -0.05) is 23.7 Å². The van der Waals surface area contributed by atoms with Crippen LogP contribution in [0, 0.1) is 13.8 Å². The van der Waals surface area contributed by atoms with Crippen molar-refractivity contribution in [2.75, 3.05) is 5.32 Å². The third-order valence-corrected chi connectivity index (χ3v) is 5.07. The standard InChI is InChI=1S/C23H18ClN3O2S/c1-13-3-10-20-19(11-13)25-22(29-20)16-5-4-14(2)18(12-16)26-23(30)27-21(28)15-6-8-17(24)9-7-15/h3-12H,1-2H3,(H2,26,27,28,30). The molecule has 1 heterocycles. The molecule has 4 aromatic rings. The summed E-state index contributed by atoms with van der Waals surface area (Å²) in [5.74, 6) is 0.210. The number of thiocarbonyl (C=S) groups is 1. The summed E-state index contributed by atoms with van der Waals surface area (Å²) in [7, 11) is 0. The Hall–Kier alpha value is -3.22. The van der Waals surface area contributed by atoms with E-state index in [2.05, 4.69) is 15.6 Å². The van der Waals surface area contributed by atoms with Crippen molar-refractivity contribution in [1.29, 1.82) is 0 Å². The maximum Gasteiger partial charge on any atom is 0.257 e. The van der Waals surface area contributed by atoms with E-state index < -0.39 is 0 Å². The number of aryl methyl sites for hydroxylation is 2. The van der Waals surface area contributed by atoms with E-state index in [1.54, 1.807) is 24.3 Å². The minimum Gasteiger partial charge on any atom is -0.436 e. The first-order valence-electron chi connectivity index (χ1n) is 9.25. The molecule has 0 atom stereocenters. The number of hydrogen-bond donors (Lipinski definition) is 2. The fourth-order valence-corrected chi connectivity index (χ4v) is 3.31. The SMILES string of the molecule is Cc1ccc2oc(-c3ccc(C)c(NC(=S)NC(=O)c4ccc(Cl)cc4)c3)nc2c1. The van der Waals surface area contributed by atoms with E-state index in [4.69, 9.17) is 28.2 Å². The maximum atomic E-state index is 12.4. The van der Waals surface area contributed by atoms with E-state index in [-0.39, 0.29) is 11.0 Å². The molecule has 5 nitrogen and oxygen atoms in total. The summed E-state index contributed by atoms with van der Waals surface area (Å²) in [6, 6.07) is 18.3. The fraction of sp³-hybridized carbons (Fsp3) is 0.0870. The van der Waals surface area contributed by atoms with Crippen molar-refractivity contribution in [3.8, 4) is 11.5 Å². The molecule has 0 aliphatic heterocycles. The van der Waals surface area contributed by atoms with Crippen LogP contribution in [-0.2, 0) is 0 Å². The van der Waals surface area contributed by atoms with Gasteiger partial charge in [0.1, 0.15) is 5.52 Å². The van der Waals surface area contributed by atoms with Crippen LogP contribution in [-0.4, -0.2) is 16.0 Å². The minimum absolute atomic E-state index is 0.198. The molecule has 1 amide bonds. The van der Waals surface area contributed by atoms with Gasteiger partial charge >= 0.3 is 0 Å². The van der Waals surface area contributed by atoms with Crippen molar-refractivity contribution in [2.45, 2.75) is 13.8 Å². The maximum absolute atomic E-state index is 12.4. The van der Waals surface area contributed by atoms with Gasteiger partial charge in [0.2, 0.25) is 5.89 Å². The highest BCUT2D eigenvalue weighted by molar-refractivity contribution is 7.80. The number of aromatic nitrogens is 1. The molecule has 2 N–H and O–H groups in total. The predicted octanol–water partition coefficient (Wildman–Crippen LogP) is 5.89. The summed E-state index contributed by atoms with van der Waals surface area (Å²) in [4.78, 5) is 16.9. The summed E-state index contributed by atoms with van der Waals surface area (Å²) in [6.45, 7) is 3.96. The molecule has 0 aliphatic rings. The molecule has 0 bridgehead atoms. The van der Waals surface area contributed by atoms with Gasteiger partial charge in [-0.15, -0.1) is 0 Å². The first-order valence-corrected chi connectivity index (χ1v) is 10.0. The van der Waals surface area contributed by atoms with Crippen molar-refractivity contribution < 1.29 is 9.21 Å². The molecule has 3 aromatic carbocycles. The number of nitrogens with one attached hydrogen (secondary N) is 2. The van der Waals surface area contributed by atoms with Gasteiger partial charge in [0, 0.05) is 21.8 Å². The van der Waals surface area contributed by atoms with Gasteiger partial charge in [0.15, 0.2) is 10.7 Å². The lowest BCUT2D eigenvalue weighted by molar-refractivity contribution is 0.0977. The van der Waals surface area contributed by atoms with Crippen molar-refractivity contribution in [1.82, 2.24) is 10.3 Å². The Morgan fingerprint density at radius 1 is 1.03 bits per heavy atom. The molecule has 30 heavy (non-hydrogen) atoms. The van der Waals surface area contributed by atoms with Crippen LogP contribution < -0.4 is 10.6 Å². The van der Waals surface area contributed by atoms with E-state index in [1.165, 1.54) is 0 Å². The number of oxazole rings is 1. The molecule has 1 aromatic heterocycles. The molecular formula is C23H18ClN3O2S. The lowest BCUT2D eigenvalue weighted by Gasteiger charge is -2.12. The van der Waals surface area contributed by atoms with Crippen molar-refractivity contribution >= 4 is 51.6 Å². The Labute approximate surface area is 184 Å². The van der Waals surface area contributed by atoms with Crippen LogP contribution in [0.15, 0.2) is 65.1 Å². The highest BCUT2D eigenvalue weighted by atomic mass is 35.5. The van der Waals surface area contributed by atoms with E-state index in [0.29, 0.717) is 16.5 Å². The minimum atomic E-state index is -0.313. The van der Waals surface area contributed by atoms with Crippen LogP contribution in [0.3, 0.4) is 0 Å². The number of nitrogens with zero attached hydrogens (tertiary/aromatic N) is 1. The number of hydrogen-bond acceptors (Lipinski definition) is 4. The monoisotopic (exact) mass is 435 g/mol. The van der Waals surface area contributed by atoms with Gasteiger partial charge in [-0.05, 0) is 85.7 Å². The topological polar surface area (TPSA) is 67.2 Å². The molecule has 0 spiro atoms. The van der Waals surface area contributed by atoms with Crippen LogP contribution in [0.4, 0.5) is 5.69 Å². The molecule has 0 saturated carbocycles. The number of halogens is 1. The van der Waals surface area contributed by atoms with Crippen molar-refractivity contribution in [2.24, 2.45) is 0 Å². The average molecular weight is 436 g/mol. The molecule has 0 radical (unpaired) electrons. The lowest BCUT2D eigenvalue weighted by atomic mass is 10.1. The predicted molar refractivity (Wildman–Crippen MR) is 124 cm³/mol. The zero-order valence-corrected chi connectivity index (χ0v) is 17.9. The Kier molecular flexibility index (Phi) is 5.53. The summed E-state index contributed by atoms with van der Waals surface area (Å²) in [6.07, 6.45) is 0. The smallest absolute Gasteiger partial charge is 0.257 e. The Bertz CT molecular complexity index is 1270. The van der Waals surface area contributed by atoms with Crippen LogP contribution >= 0.6 is 23.8 Å². The number of fused-ring (bicyclic) bond motifs is 1. The Morgan fingerprint density at radius 3 is 2.57 bits per heavy atom. The molecule has 7 heteroatoms. The number of amides is 1. The first-order chi connectivity index (χ1) is 14.4. The number of rotatable bonds is 3.